The predicted molar refractivity (Wildman–Crippen MR) is 163 cm³/mol. The summed E-state index contributed by atoms with van der Waals surface area (Å²) in [5.41, 5.74) is 2.57. The Morgan fingerprint density at radius 1 is 1.00 bits per heavy atom. The number of anilines is 2. The van der Waals surface area contributed by atoms with Crippen LogP contribution in [0.25, 0.3) is 10.7 Å². The van der Waals surface area contributed by atoms with Crippen molar-refractivity contribution in [1.29, 1.82) is 0 Å². The number of rotatable bonds is 12. The van der Waals surface area contributed by atoms with Gasteiger partial charge in [0.25, 0.3) is 0 Å². The zero-order valence-corrected chi connectivity index (χ0v) is 23.7. The number of nitrogens with zero attached hydrogens (tertiary/aromatic N) is 5. The van der Waals surface area contributed by atoms with E-state index >= 15 is 0 Å². The second-order valence-corrected chi connectivity index (χ2v) is 10.7. The molecule has 11 nitrogen and oxygen atoms in total. The first-order valence-electron chi connectivity index (χ1n) is 14.4. The van der Waals surface area contributed by atoms with Crippen molar-refractivity contribution >= 4 is 29.3 Å². The van der Waals surface area contributed by atoms with E-state index in [9.17, 15) is 14.7 Å². The third-order valence-electron chi connectivity index (χ3n) is 7.60. The summed E-state index contributed by atoms with van der Waals surface area (Å²) in [5, 5.41) is 18.9. The van der Waals surface area contributed by atoms with Crippen LogP contribution in [0.3, 0.4) is 0 Å². The molecule has 43 heavy (non-hydrogen) atoms. The number of hydrogen-bond acceptors (Lipinski definition) is 7. The fourth-order valence-electron chi connectivity index (χ4n) is 5.23. The minimum Gasteiger partial charge on any atom is -0.478 e. The Balaban J connectivity index is 1.35. The second kappa shape index (κ2) is 14.1. The van der Waals surface area contributed by atoms with E-state index in [1.54, 1.807) is 65.8 Å². The molecule has 4 N–H and O–H groups in total. The van der Waals surface area contributed by atoms with Gasteiger partial charge in [0, 0.05) is 31.5 Å². The van der Waals surface area contributed by atoms with Gasteiger partial charge < -0.3 is 21.1 Å². The van der Waals surface area contributed by atoms with Gasteiger partial charge in [-0.15, -0.1) is 0 Å². The number of imidazole rings is 1. The average Bonchev–Trinajstić information content (AvgIpc) is 3.59. The number of carbonyl (C=O) groups is 2. The van der Waals surface area contributed by atoms with Gasteiger partial charge in [-0.3, -0.25) is 9.36 Å². The molecule has 2 aromatic carbocycles. The predicted octanol–water partition coefficient (Wildman–Crippen LogP) is 5.59. The van der Waals surface area contributed by atoms with Gasteiger partial charge in [0.15, 0.2) is 5.69 Å². The van der Waals surface area contributed by atoms with Crippen molar-refractivity contribution in [2.75, 3.05) is 10.6 Å². The lowest BCUT2D eigenvalue weighted by atomic mass is 9.84. The van der Waals surface area contributed by atoms with E-state index in [0.29, 0.717) is 48.7 Å². The van der Waals surface area contributed by atoms with Crippen LogP contribution in [0.5, 0.6) is 0 Å². The highest BCUT2D eigenvalue weighted by Crippen LogP contribution is 2.28. The first-order valence-corrected chi connectivity index (χ1v) is 14.4. The van der Waals surface area contributed by atoms with Gasteiger partial charge in [0.1, 0.15) is 24.0 Å². The van der Waals surface area contributed by atoms with Crippen molar-refractivity contribution in [3.63, 3.8) is 0 Å². The van der Waals surface area contributed by atoms with E-state index in [1.807, 2.05) is 12.1 Å². The lowest BCUT2D eigenvalue weighted by molar-refractivity contribution is -0.122. The summed E-state index contributed by atoms with van der Waals surface area (Å²) in [6, 6.07) is 15.1. The maximum atomic E-state index is 13.6. The summed E-state index contributed by atoms with van der Waals surface area (Å²) in [6.07, 6.45) is 11.6. The molecule has 0 unspecified atom stereocenters. The number of carbonyl (C=O) groups excluding carboxylic acids is 1. The Bertz CT molecular complexity index is 1560. The van der Waals surface area contributed by atoms with Gasteiger partial charge in [0.05, 0.1) is 12.1 Å². The number of hydrogen-bond donors (Lipinski definition) is 4. The highest BCUT2D eigenvalue weighted by molar-refractivity contribution is 5.87. The van der Waals surface area contributed by atoms with E-state index in [2.05, 4.69) is 35.7 Å². The number of benzene rings is 2. The number of carboxylic acids is 1. The molecular formula is C32H34N8O3. The lowest BCUT2D eigenvalue weighted by Crippen LogP contribution is -2.41. The van der Waals surface area contributed by atoms with Gasteiger partial charge in [0.2, 0.25) is 11.9 Å². The van der Waals surface area contributed by atoms with Crippen LogP contribution in [0.4, 0.5) is 17.5 Å². The molecule has 1 fully saturated rings. The van der Waals surface area contributed by atoms with Crippen molar-refractivity contribution in [1.82, 2.24) is 24.8 Å². The Kier molecular flexibility index (Phi) is 9.59. The van der Waals surface area contributed by atoms with Crippen LogP contribution in [0.15, 0.2) is 73.3 Å². The number of amides is 1. The third-order valence-corrected chi connectivity index (χ3v) is 7.60. The first kappa shape index (κ1) is 29.3. The quantitative estimate of drug-likeness (QED) is 0.160. The standard InChI is InChI=1S/C32H34N8O3/c1-33-26-13-9-24(10-14-26)19-35-30(41)27(17-22-5-3-2-4-6-22)37-28-18-29(40-16-15-34-21-40)39-32(38-28)36-20-23-7-11-25(12-8-23)31(42)43/h7-16,18,21-22,27H,2-6,17,19-20H2,(H,35,41)(H,42,43)(H2,36,37,38,39)/t27-/m1/s1. The zero-order valence-electron chi connectivity index (χ0n) is 23.7. The van der Waals surface area contributed by atoms with Crippen molar-refractivity contribution in [2.45, 2.75) is 57.7 Å². The normalized spacial score (nSPS) is 13.9. The van der Waals surface area contributed by atoms with Crippen LogP contribution < -0.4 is 16.0 Å². The van der Waals surface area contributed by atoms with Crippen molar-refractivity contribution < 1.29 is 14.7 Å². The number of carboxylic acid groups (broad SMARTS) is 1. The Morgan fingerprint density at radius 3 is 2.40 bits per heavy atom. The van der Waals surface area contributed by atoms with Crippen LogP contribution in [0, 0.1) is 12.5 Å². The van der Waals surface area contributed by atoms with Gasteiger partial charge in [-0.1, -0.05) is 68.5 Å². The molecule has 0 aliphatic heterocycles. The molecule has 5 rings (SSSR count). The molecule has 1 aliphatic carbocycles. The molecule has 0 bridgehead atoms. The molecule has 2 aromatic heterocycles. The molecule has 0 saturated heterocycles. The second-order valence-electron chi connectivity index (χ2n) is 10.7. The monoisotopic (exact) mass is 578 g/mol. The first-order chi connectivity index (χ1) is 21.0. The smallest absolute Gasteiger partial charge is 0.335 e. The molecule has 1 saturated carbocycles. The summed E-state index contributed by atoms with van der Waals surface area (Å²) in [7, 11) is 0. The van der Waals surface area contributed by atoms with Crippen LogP contribution in [0.1, 0.15) is 60.0 Å². The molecule has 11 heteroatoms. The SMILES string of the molecule is [C-]#[N+]c1ccc(CNC(=O)[C@@H](CC2CCCCC2)Nc2cc(-n3ccnc3)nc(NCc3ccc(C(=O)O)cc3)n2)cc1. The fraction of sp³-hybridized carbons (Fsp3) is 0.312. The van der Waals surface area contributed by atoms with Crippen molar-refractivity contribution in [3.8, 4) is 5.82 Å². The van der Waals surface area contributed by atoms with Gasteiger partial charge in [-0.25, -0.2) is 14.6 Å². The fourth-order valence-corrected chi connectivity index (χ4v) is 5.23. The molecule has 1 atom stereocenters. The Hall–Kier alpha value is -5.24. The van der Waals surface area contributed by atoms with Gasteiger partial charge >= 0.3 is 5.97 Å². The summed E-state index contributed by atoms with van der Waals surface area (Å²) >= 11 is 0. The number of aromatic nitrogens is 4. The lowest BCUT2D eigenvalue weighted by Gasteiger charge is -2.27. The van der Waals surface area contributed by atoms with Gasteiger partial charge in [-0.05, 0) is 35.6 Å². The average molecular weight is 579 g/mol. The van der Waals surface area contributed by atoms with Gasteiger partial charge in [-0.2, -0.15) is 9.97 Å². The van der Waals surface area contributed by atoms with E-state index < -0.39 is 12.0 Å². The minimum absolute atomic E-state index is 0.115. The highest BCUT2D eigenvalue weighted by atomic mass is 16.4. The molecule has 0 spiro atoms. The summed E-state index contributed by atoms with van der Waals surface area (Å²) in [6.45, 7) is 7.88. The molecule has 0 radical (unpaired) electrons. The molecule has 220 valence electrons. The van der Waals surface area contributed by atoms with Crippen molar-refractivity contribution in [3.05, 3.63) is 101 Å². The van der Waals surface area contributed by atoms with Crippen LogP contribution >= 0.6 is 0 Å². The third kappa shape index (κ3) is 8.16. The zero-order chi connectivity index (χ0) is 30.0. The van der Waals surface area contributed by atoms with Crippen LogP contribution in [-0.4, -0.2) is 42.5 Å². The van der Waals surface area contributed by atoms with Crippen molar-refractivity contribution in [2.24, 2.45) is 5.92 Å². The summed E-state index contributed by atoms with van der Waals surface area (Å²) < 4.78 is 1.77. The largest absolute Gasteiger partial charge is 0.478 e. The molecule has 2 heterocycles. The topological polar surface area (TPSA) is 138 Å². The van der Waals surface area contributed by atoms with E-state index in [4.69, 9.17) is 6.57 Å². The minimum atomic E-state index is -0.976. The Labute approximate surface area is 250 Å². The Morgan fingerprint density at radius 2 is 1.72 bits per heavy atom. The number of nitrogens with one attached hydrogen (secondary N) is 3. The maximum absolute atomic E-state index is 13.6. The van der Waals surface area contributed by atoms with Crippen LogP contribution in [-0.2, 0) is 17.9 Å². The summed E-state index contributed by atoms with van der Waals surface area (Å²) in [5.74, 6) is 0.784. The molecular weight excluding hydrogens is 544 g/mol. The number of aromatic carboxylic acids is 1. The van der Waals surface area contributed by atoms with E-state index in [-0.39, 0.29) is 11.5 Å². The van der Waals surface area contributed by atoms with Crippen LogP contribution in [0.2, 0.25) is 0 Å². The highest BCUT2D eigenvalue weighted by Gasteiger charge is 2.25. The summed E-state index contributed by atoms with van der Waals surface area (Å²) in [4.78, 5) is 41.6. The molecule has 4 aromatic rings. The van der Waals surface area contributed by atoms with E-state index in [0.717, 1.165) is 24.0 Å². The molecule has 1 aliphatic rings. The molecule has 1 amide bonds. The maximum Gasteiger partial charge on any atom is 0.335 e. The van der Waals surface area contributed by atoms with E-state index in [1.165, 1.54) is 19.3 Å².